The maximum absolute atomic E-state index is 2.82. The summed E-state index contributed by atoms with van der Waals surface area (Å²) in [7, 11) is 0. The molecule has 4 heteroatoms. The zero-order chi connectivity index (χ0) is 17.6. The summed E-state index contributed by atoms with van der Waals surface area (Å²) in [4.78, 5) is 11.1. The molecule has 0 N–H and O–H groups in total. The van der Waals surface area contributed by atoms with Gasteiger partial charge in [0.15, 0.2) is 0 Å². The lowest BCUT2D eigenvalue weighted by molar-refractivity contribution is 0.0244. The third kappa shape index (κ3) is 3.65. The van der Waals surface area contributed by atoms with Crippen molar-refractivity contribution in [2.75, 3.05) is 52.4 Å². The van der Waals surface area contributed by atoms with Gasteiger partial charge in [0, 0.05) is 69.5 Å². The van der Waals surface area contributed by atoms with Gasteiger partial charge in [0.25, 0.3) is 0 Å². The summed E-state index contributed by atoms with van der Waals surface area (Å²) in [6.45, 7) is 20.2. The summed E-state index contributed by atoms with van der Waals surface area (Å²) in [6.07, 6.45) is 5.67. The van der Waals surface area contributed by atoms with Crippen molar-refractivity contribution in [2.24, 2.45) is 5.92 Å². The van der Waals surface area contributed by atoms with E-state index in [1.165, 1.54) is 78.0 Å². The third-order valence-corrected chi connectivity index (χ3v) is 7.82. The first-order chi connectivity index (χ1) is 11.9. The molecule has 0 radical (unpaired) electrons. The second kappa shape index (κ2) is 7.10. The minimum Gasteiger partial charge on any atom is -0.298 e. The molecule has 4 fully saturated rings. The highest BCUT2D eigenvalue weighted by atomic mass is 15.3. The molecule has 4 atom stereocenters. The van der Waals surface area contributed by atoms with Crippen molar-refractivity contribution in [3.8, 4) is 0 Å². The molecule has 4 saturated heterocycles. The Morgan fingerprint density at radius 2 is 1.76 bits per heavy atom. The highest BCUT2D eigenvalue weighted by Crippen LogP contribution is 2.39. The second-order valence-electron chi connectivity index (χ2n) is 9.99. The van der Waals surface area contributed by atoms with Crippen LogP contribution in [0.4, 0.5) is 0 Å². The van der Waals surface area contributed by atoms with Crippen molar-refractivity contribution < 1.29 is 0 Å². The summed E-state index contributed by atoms with van der Waals surface area (Å²) < 4.78 is 0. The predicted octanol–water partition coefficient (Wildman–Crippen LogP) is 2.35. The monoisotopic (exact) mass is 348 g/mol. The van der Waals surface area contributed by atoms with Crippen LogP contribution in [-0.2, 0) is 0 Å². The number of piperazine rings is 2. The van der Waals surface area contributed by atoms with E-state index in [0.717, 1.165) is 18.0 Å². The van der Waals surface area contributed by atoms with Crippen LogP contribution >= 0.6 is 0 Å². The standard InChI is InChI=1S/C21H40N4/c1-17(2)24-10-11-25-14-19(13-21(25,4)16-24)12-18(3)23-9-8-22-7-5-6-20(22)15-23/h17-20H,5-16H2,1-4H3/t18-,19?,20?,21?/m1/s1. The van der Waals surface area contributed by atoms with Gasteiger partial charge >= 0.3 is 0 Å². The van der Waals surface area contributed by atoms with E-state index in [9.17, 15) is 0 Å². The van der Waals surface area contributed by atoms with Gasteiger partial charge in [-0.25, -0.2) is 0 Å². The number of nitrogens with zero attached hydrogens (tertiary/aromatic N) is 4. The molecule has 25 heavy (non-hydrogen) atoms. The molecule has 0 amide bonds. The largest absolute Gasteiger partial charge is 0.298 e. The van der Waals surface area contributed by atoms with Gasteiger partial charge in [-0.2, -0.15) is 0 Å². The van der Waals surface area contributed by atoms with Crippen molar-refractivity contribution in [3.63, 3.8) is 0 Å². The zero-order valence-electron chi connectivity index (χ0n) is 17.1. The van der Waals surface area contributed by atoms with E-state index >= 15 is 0 Å². The van der Waals surface area contributed by atoms with Crippen molar-refractivity contribution in [2.45, 2.75) is 77.0 Å². The lowest BCUT2D eigenvalue weighted by Gasteiger charge is -2.46. The predicted molar refractivity (Wildman–Crippen MR) is 105 cm³/mol. The summed E-state index contributed by atoms with van der Waals surface area (Å²) in [6, 6.07) is 2.32. The minimum absolute atomic E-state index is 0.428. The number of fused-ring (bicyclic) bond motifs is 2. The van der Waals surface area contributed by atoms with Crippen molar-refractivity contribution in [3.05, 3.63) is 0 Å². The molecule has 0 spiro atoms. The SMILES string of the molecule is CC(C)N1CCN2CC(C[C@@H](C)N3CCN4CCCC4C3)CC2(C)C1. The quantitative estimate of drug-likeness (QED) is 0.773. The van der Waals surface area contributed by atoms with E-state index in [1.54, 1.807) is 0 Å². The molecule has 0 aromatic heterocycles. The molecule has 0 bridgehead atoms. The molecule has 4 aliphatic heterocycles. The first-order valence-electron chi connectivity index (χ1n) is 10.9. The van der Waals surface area contributed by atoms with E-state index in [0.29, 0.717) is 11.6 Å². The Balaban J connectivity index is 1.31. The molecular weight excluding hydrogens is 308 g/mol. The Labute approximate surface area is 155 Å². The van der Waals surface area contributed by atoms with Crippen LogP contribution in [0.2, 0.25) is 0 Å². The van der Waals surface area contributed by atoms with Gasteiger partial charge in [-0.05, 0) is 65.8 Å². The highest BCUT2D eigenvalue weighted by molar-refractivity contribution is 5.02. The summed E-state index contributed by atoms with van der Waals surface area (Å²) >= 11 is 0. The van der Waals surface area contributed by atoms with Crippen LogP contribution in [0.15, 0.2) is 0 Å². The van der Waals surface area contributed by atoms with Crippen molar-refractivity contribution >= 4 is 0 Å². The molecular formula is C21H40N4. The Morgan fingerprint density at radius 3 is 2.56 bits per heavy atom. The molecule has 144 valence electrons. The molecule has 0 aromatic rings. The Kier molecular flexibility index (Phi) is 5.18. The molecule has 4 rings (SSSR count). The molecule has 0 aliphatic carbocycles. The zero-order valence-corrected chi connectivity index (χ0v) is 17.1. The van der Waals surface area contributed by atoms with E-state index in [2.05, 4.69) is 47.3 Å². The topological polar surface area (TPSA) is 13.0 Å². The molecule has 4 aliphatic rings. The molecule has 0 aromatic carbocycles. The van der Waals surface area contributed by atoms with Crippen LogP contribution in [0.1, 0.15) is 53.4 Å². The van der Waals surface area contributed by atoms with Crippen LogP contribution in [0.5, 0.6) is 0 Å². The first kappa shape index (κ1) is 18.2. The number of hydrogen-bond acceptors (Lipinski definition) is 4. The maximum Gasteiger partial charge on any atom is 0.0312 e. The van der Waals surface area contributed by atoms with Gasteiger partial charge < -0.3 is 0 Å². The minimum atomic E-state index is 0.428. The average molecular weight is 349 g/mol. The van der Waals surface area contributed by atoms with Crippen LogP contribution in [0, 0.1) is 5.92 Å². The Bertz CT molecular complexity index is 467. The Hall–Kier alpha value is -0.160. The van der Waals surface area contributed by atoms with Gasteiger partial charge in [-0.15, -0.1) is 0 Å². The van der Waals surface area contributed by atoms with Crippen LogP contribution in [-0.4, -0.2) is 95.6 Å². The smallest absolute Gasteiger partial charge is 0.0312 e. The maximum atomic E-state index is 2.82. The molecule has 4 nitrogen and oxygen atoms in total. The van der Waals surface area contributed by atoms with E-state index in [-0.39, 0.29) is 0 Å². The van der Waals surface area contributed by atoms with E-state index in [4.69, 9.17) is 0 Å². The summed E-state index contributed by atoms with van der Waals surface area (Å²) in [5.41, 5.74) is 0.428. The van der Waals surface area contributed by atoms with Gasteiger partial charge in [0.05, 0.1) is 0 Å². The number of hydrogen-bond donors (Lipinski definition) is 0. The van der Waals surface area contributed by atoms with Crippen molar-refractivity contribution in [1.29, 1.82) is 0 Å². The van der Waals surface area contributed by atoms with E-state index in [1.807, 2.05) is 0 Å². The first-order valence-corrected chi connectivity index (χ1v) is 10.9. The fourth-order valence-corrected chi connectivity index (χ4v) is 6.28. The normalized spacial score (nSPS) is 39.7. The van der Waals surface area contributed by atoms with Gasteiger partial charge in [-0.1, -0.05) is 0 Å². The van der Waals surface area contributed by atoms with E-state index < -0.39 is 0 Å². The van der Waals surface area contributed by atoms with Crippen LogP contribution < -0.4 is 0 Å². The summed E-state index contributed by atoms with van der Waals surface area (Å²) in [5, 5.41) is 0. The average Bonchev–Trinajstić information content (AvgIpc) is 3.16. The molecule has 0 saturated carbocycles. The van der Waals surface area contributed by atoms with Crippen LogP contribution in [0.3, 0.4) is 0 Å². The lowest BCUT2D eigenvalue weighted by atomic mass is 9.88. The van der Waals surface area contributed by atoms with Gasteiger partial charge in [-0.3, -0.25) is 19.6 Å². The fourth-order valence-electron chi connectivity index (χ4n) is 6.28. The Morgan fingerprint density at radius 1 is 0.960 bits per heavy atom. The van der Waals surface area contributed by atoms with Crippen molar-refractivity contribution in [1.82, 2.24) is 19.6 Å². The fraction of sp³-hybridized carbons (Fsp3) is 1.00. The third-order valence-electron chi connectivity index (χ3n) is 7.82. The van der Waals surface area contributed by atoms with Crippen LogP contribution in [0.25, 0.3) is 0 Å². The second-order valence-corrected chi connectivity index (χ2v) is 9.99. The molecule has 3 unspecified atom stereocenters. The highest BCUT2D eigenvalue weighted by Gasteiger charge is 2.46. The lowest BCUT2D eigenvalue weighted by Crippen LogP contribution is -2.58. The van der Waals surface area contributed by atoms with Gasteiger partial charge in [0.1, 0.15) is 0 Å². The summed E-state index contributed by atoms with van der Waals surface area (Å²) in [5.74, 6) is 0.897. The molecule has 4 heterocycles. The number of rotatable bonds is 4. The van der Waals surface area contributed by atoms with Gasteiger partial charge in [0.2, 0.25) is 0 Å².